The molecular weight excluding hydrogens is 276 g/mol. The van der Waals surface area contributed by atoms with E-state index < -0.39 is 0 Å². The molecule has 3 nitrogen and oxygen atoms in total. The van der Waals surface area contributed by atoms with Crippen LogP contribution < -0.4 is 11.1 Å². The molecule has 0 aliphatic heterocycles. The maximum Gasteiger partial charge on any atom is 0.252 e. The summed E-state index contributed by atoms with van der Waals surface area (Å²) in [4.78, 5) is 11.8. The zero-order valence-electron chi connectivity index (χ0n) is 8.20. The van der Waals surface area contributed by atoms with Crippen LogP contribution in [0.1, 0.15) is 23.2 Å². The van der Waals surface area contributed by atoms with Crippen molar-refractivity contribution in [1.29, 1.82) is 0 Å². The summed E-state index contributed by atoms with van der Waals surface area (Å²) in [7, 11) is 0. The molecule has 1 saturated carbocycles. The Morgan fingerprint density at radius 2 is 2.47 bits per heavy atom. The van der Waals surface area contributed by atoms with E-state index in [1.807, 2.05) is 11.4 Å². The van der Waals surface area contributed by atoms with Gasteiger partial charge in [0.25, 0.3) is 5.91 Å². The Morgan fingerprint density at radius 1 is 1.73 bits per heavy atom. The van der Waals surface area contributed by atoms with Gasteiger partial charge in [0.1, 0.15) is 0 Å². The van der Waals surface area contributed by atoms with Gasteiger partial charge in [-0.1, -0.05) is 0 Å². The summed E-state index contributed by atoms with van der Waals surface area (Å²) in [6.07, 6.45) is 2.38. The predicted molar refractivity (Wildman–Crippen MR) is 65.1 cm³/mol. The molecule has 1 fully saturated rings. The highest BCUT2D eigenvalue weighted by Gasteiger charge is 2.31. The quantitative estimate of drug-likeness (QED) is 0.890. The number of hydrogen-bond donors (Lipinski definition) is 2. The summed E-state index contributed by atoms with van der Waals surface area (Å²) in [6, 6.07) is 1.98. The van der Waals surface area contributed by atoms with Crippen molar-refractivity contribution in [1.82, 2.24) is 5.32 Å². The molecule has 1 aliphatic carbocycles. The van der Waals surface area contributed by atoms with Crippen molar-refractivity contribution in [2.24, 2.45) is 11.7 Å². The first-order valence-corrected chi connectivity index (χ1v) is 6.63. The van der Waals surface area contributed by atoms with Gasteiger partial charge >= 0.3 is 0 Å². The zero-order chi connectivity index (χ0) is 10.8. The molecule has 5 heteroatoms. The normalized spacial score (nSPS) is 17.5. The number of halogens is 1. The van der Waals surface area contributed by atoms with Gasteiger partial charge in [0.15, 0.2) is 0 Å². The van der Waals surface area contributed by atoms with E-state index in [-0.39, 0.29) is 11.9 Å². The molecule has 0 spiro atoms. The minimum Gasteiger partial charge on any atom is -0.348 e. The van der Waals surface area contributed by atoms with Gasteiger partial charge in [-0.15, -0.1) is 11.3 Å². The summed E-state index contributed by atoms with van der Waals surface area (Å²) in [6.45, 7) is 0.529. The van der Waals surface area contributed by atoms with Crippen molar-refractivity contribution >= 4 is 33.2 Å². The summed E-state index contributed by atoms with van der Waals surface area (Å²) >= 11 is 4.85. The van der Waals surface area contributed by atoms with Crippen molar-refractivity contribution in [2.75, 3.05) is 6.54 Å². The van der Waals surface area contributed by atoms with E-state index in [0.717, 1.165) is 3.79 Å². The number of rotatable bonds is 4. The summed E-state index contributed by atoms with van der Waals surface area (Å²) in [5, 5.41) is 4.83. The molecule has 0 saturated heterocycles. The fourth-order valence-corrected chi connectivity index (χ4v) is 2.69. The third-order valence-electron chi connectivity index (χ3n) is 2.59. The first-order valence-electron chi connectivity index (χ1n) is 4.95. The lowest BCUT2D eigenvalue weighted by Crippen LogP contribution is -2.41. The number of carbonyl (C=O) groups is 1. The van der Waals surface area contributed by atoms with Gasteiger partial charge in [-0.3, -0.25) is 4.79 Å². The average molecular weight is 289 g/mol. The van der Waals surface area contributed by atoms with E-state index in [9.17, 15) is 4.79 Å². The Hall–Kier alpha value is -0.390. The van der Waals surface area contributed by atoms with Gasteiger partial charge in [-0.25, -0.2) is 0 Å². The minimum absolute atomic E-state index is 0.0145. The lowest BCUT2D eigenvalue weighted by molar-refractivity contribution is 0.0934. The lowest BCUT2D eigenvalue weighted by atomic mass is 10.2. The molecule has 1 amide bonds. The van der Waals surface area contributed by atoms with Crippen LogP contribution in [-0.2, 0) is 0 Å². The fourth-order valence-electron chi connectivity index (χ4n) is 1.55. The highest BCUT2D eigenvalue weighted by atomic mass is 79.9. The first-order chi connectivity index (χ1) is 7.20. The predicted octanol–water partition coefficient (Wildman–Crippen LogP) is 1.98. The molecule has 1 unspecified atom stereocenters. The van der Waals surface area contributed by atoms with Crippen LogP contribution in [0.2, 0.25) is 0 Å². The highest BCUT2D eigenvalue weighted by molar-refractivity contribution is 9.11. The molecule has 0 aromatic carbocycles. The maximum absolute atomic E-state index is 11.8. The van der Waals surface area contributed by atoms with E-state index in [1.54, 1.807) is 0 Å². The number of amides is 1. The third-order valence-corrected chi connectivity index (χ3v) is 4.10. The minimum atomic E-state index is -0.0145. The fraction of sp³-hybridized carbons (Fsp3) is 0.500. The van der Waals surface area contributed by atoms with Crippen LogP contribution in [0.25, 0.3) is 0 Å². The molecule has 82 valence electrons. The SMILES string of the molecule is NCC(NC(=O)c1csc(Br)c1)C1CC1. The molecule has 1 aliphatic rings. The second kappa shape index (κ2) is 4.63. The molecule has 3 N–H and O–H groups in total. The Labute approximate surface area is 101 Å². The van der Waals surface area contributed by atoms with Crippen molar-refractivity contribution in [3.63, 3.8) is 0 Å². The second-order valence-electron chi connectivity index (χ2n) is 3.79. The molecule has 1 heterocycles. The van der Waals surface area contributed by atoms with E-state index in [0.29, 0.717) is 18.0 Å². The Morgan fingerprint density at radius 3 is 2.93 bits per heavy atom. The van der Waals surface area contributed by atoms with Gasteiger partial charge in [-0.05, 0) is 40.8 Å². The molecular formula is C10H13BrN2OS. The standard InChI is InChI=1S/C10H13BrN2OS/c11-9-3-7(5-15-9)10(14)13-8(4-12)6-1-2-6/h3,5-6,8H,1-2,4,12H2,(H,13,14). The third kappa shape index (κ3) is 2.80. The summed E-state index contributed by atoms with van der Waals surface area (Å²) < 4.78 is 0.975. The van der Waals surface area contributed by atoms with Crippen molar-refractivity contribution in [3.8, 4) is 0 Å². The van der Waals surface area contributed by atoms with Crippen molar-refractivity contribution in [2.45, 2.75) is 18.9 Å². The van der Waals surface area contributed by atoms with Crippen LogP contribution in [0.15, 0.2) is 15.2 Å². The van der Waals surface area contributed by atoms with Crippen molar-refractivity contribution < 1.29 is 4.79 Å². The summed E-state index contributed by atoms with van der Waals surface area (Å²) in [5.41, 5.74) is 6.34. The van der Waals surface area contributed by atoms with Crippen LogP contribution in [0.4, 0.5) is 0 Å². The number of nitrogens with two attached hydrogens (primary N) is 1. The molecule has 15 heavy (non-hydrogen) atoms. The Kier molecular flexibility index (Phi) is 3.43. The van der Waals surface area contributed by atoms with E-state index in [1.165, 1.54) is 24.2 Å². The maximum atomic E-state index is 11.8. The van der Waals surface area contributed by atoms with E-state index >= 15 is 0 Å². The Bertz CT molecular complexity index is 362. The topological polar surface area (TPSA) is 55.1 Å². The average Bonchev–Trinajstić information content (AvgIpc) is 2.97. The van der Waals surface area contributed by atoms with E-state index in [2.05, 4.69) is 21.2 Å². The largest absolute Gasteiger partial charge is 0.348 e. The van der Waals surface area contributed by atoms with Gasteiger partial charge in [0.05, 0.1) is 9.35 Å². The van der Waals surface area contributed by atoms with Crippen LogP contribution in [0.5, 0.6) is 0 Å². The van der Waals surface area contributed by atoms with Gasteiger partial charge in [-0.2, -0.15) is 0 Å². The van der Waals surface area contributed by atoms with Crippen molar-refractivity contribution in [3.05, 3.63) is 20.8 Å². The number of hydrogen-bond acceptors (Lipinski definition) is 3. The molecule has 1 aromatic rings. The molecule has 2 rings (SSSR count). The van der Waals surface area contributed by atoms with Crippen LogP contribution in [-0.4, -0.2) is 18.5 Å². The monoisotopic (exact) mass is 288 g/mol. The first kappa shape index (κ1) is 11.1. The molecule has 1 atom stereocenters. The molecule has 1 aromatic heterocycles. The number of nitrogens with one attached hydrogen (secondary N) is 1. The molecule has 0 bridgehead atoms. The number of thiophene rings is 1. The second-order valence-corrected chi connectivity index (χ2v) is 6.08. The smallest absolute Gasteiger partial charge is 0.252 e. The molecule has 0 radical (unpaired) electrons. The van der Waals surface area contributed by atoms with Crippen LogP contribution >= 0.6 is 27.3 Å². The number of carbonyl (C=O) groups excluding carboxylic acids is 1. The van der Waals surface area contributed by atoms with Crippen LogP contribution in [0, 0.1) is 5.92 Å². The van der Waals surface area contributed by atoms with E-state index in [4.69, 9.17) is 5.73 Å². The summed E-state index contributed by atoms with van der Waals surface area (Å²) in [5.74, 6) is 0.584. The zero-order valence-corrected chi connectivity index (χ0v) is 10.6. The van der Waals surface area contributed by atoms with Crippen LogP contribution in [0.3, 0.4) is 0 Å². The Balaban J connectivity index is 1.96. The highest BCUT2D eigenvalue weighted by Crippen LogP contribution is 2.32. The van der Waals surface area contributed by atoms with Gasteiger partial charge in [0.2, 0.25) is 0 Å². The van der Waals surface area contributed by atoms with Gasteiger partial charge in [0, 0.05) is 18.0 Å². The van der Waals surface area contributed by atoms with Gasteiger partial charge < -0.3 is 11.1 Å². The lowest BCUT2D eigenvalue weighted by Gasteiger charge is -2.15.